The van der Waals surface area contributed by atoms with Gasteiger partial charge in [0.05, 0.1) is 145 Å². The summed E-state index contributed by atoms with van der Waals surface area (Å²) in [6.07, 6.45) is 1.22. The van der Waals surface area contributed by atoms with Gasteiger partial charge in [0.15, 0.2) is 0 Å². The minimum absolute atomic E-state index is 0.192. The minimum Gasteiger partial charge on any atom is -0.463 e. The second kappa shape index (κ2) is 38.7. The van der Waals surface area contributed by atoms with Gasteiger partial charge in [-0.1, -0.05) is 6.92 Å². The predicted octanol–water partition coefficient (Wildman–Crippen LogP) is 1.08. The number of hydrogen-bond acceptors (Lipinski definition) is 15. The van der Waals surface area contributed by atoms with E-state index < -0.39 is 0 Å². The summed E-state index contributed by atoms with van der Waals surface area (Å²) in [4.78, 5) is 21.8. The Balaban J connectivity index is 3.06. The third-order valence-corrected chi connectivity index (χ3v) is 5.20. The quantitative estimate of drug-likeness (QED) is 0.0686. The van der Waals surface area contributed by atoms with E-state index >= 15 is 0 Å². The smallest absolute Gasteiger partial charge is 0.305 e. The molecule has 45 heavy (non-hydrogen) atoms. The van der Waals surface area contributed by atoms with Gasteiger partial charge in [-0.3, -0.25) is 9.59 Å². The molecule has 0 rings (SSSR count). The number of rotatable bonds is 38. The van der Waals surface area contributed by atoms with Crippen molar-refractivity contribution < 1.29 is 71.2 Å². The molecule has 0 aliphatic heterocycles. The Hall–Kier alpha value is -1.50. The molecule has 0 bridgehead atoms. The first-order valence-electron chi connectivity index (χ1n) is 15.8. The normalized spacial score (nSPS) is 11.2. The van der Waals surface area contributed by atoms with Gasteiger partial charge in [0.25, 0.3) is 0 Å². The number of carbonyl (C=O) groups is 2. The second-order valence-electron chi connectivity index (χ2n) is 9.05. The molecule has 0 aromatic carbocycles. The van der Waals surface area contributed by atoms with Crippen LogP contribution in [-0.2, 0) is 71.2 Å². The lowest BCUT2D eigenvalue weighted by molar-refractivity contribution is -0.145. The summed E-state index contributed by atoms with van der Waals surface area (Å²) in [6, 6.07) is 0. The maximum Gasteiger partial charge on any atom is 0.305 e. The summed E-state index contributed by atoms with van der Waals surface area (Å²) in [5.74, 6) is -0.506. The topological polar surface area (TPSA) is 154 Å². The van der Waals surface area contributed by atoms with E-state index in [-0.39, 0.29) is 25.2 Å². The molecular formula is C30H58O15. The zero-order chi connectivity index (χ0) is 32.7. The SMILES string of the molecule is CCCC(=O)OCCOCCOCCOCCOCCOCCOCCOCCOCCOCCOCCOCCOC(C)=O. The number of carbonyl (C=O) groups excluding carboxylic acids is 2. The van der Waals surface area contributed by atoms with Gasteiger partial charge < -0.3 is 61.6 Å². The Morgan fingerprint density at radius 3 is 0.733 bits per heavy atom. The van der Waals surface area contributed by atoms with Crippen molar-refractivity contribution in [2.75, 3.05) is 159 Å². The first-order chi connectivity index (χ1) is 22.2. The Labute approximate surface area is 268 Å². The molecule has 0 unspecified atom stereocenters. The molecule has 0 aromatic heterocycles. The highest BCUT2D eigenvalue weighted by molar-refractivity contribution is 5.69. The van der Waals surface area contributed by atoms with Crippen LogP contribution in [-0.4, -0.2) is 171 Å². The summed E-state index contributed by atoms with van der Waals surface area (Å²) >= 11 is 0. The zero-order valence-electron chi connectivity index (χ0n) is 27.5. The highest BCUT2D eigenvalue weighted by Gasteiger charge is 2.00. The Kier molecular flexibility index (Phi) is 37.4. The van der Waals surface area contributed by atoms with E-state index in [0.29, 0.717) is 152 Å². The van der Waals surface area contributed by atoms with Crippen molar-refractivity contribution in [3.8, 4) is 0 Å². The fraction of sp³-hybridized carbons (Fsp3) is 0.933. The van der Waals surface area contributed by atoms with E-state index in [1.165, 1.54) is 6.92 Å². The Morgan fingerprint density at radius 1 is 0.333 bits per heavy atom. The molecule has 0 fully saturated rings. The number of hydrogen-bond donors (Lipinski definition) is 0. The maximum absolute atomic E-state index is 11.2. The van der Waals surface area contributed by atoms with Gasteiger partial charge in [-0.15, -0.1) is 0 Å². The van der Waals surface area contributed by atoms with Gasteiger partial charge in [-0.05, 0) is 6.42 Å². The first kappa shape index (κ1) is 43.5. The lowest BCUT2D eigenvalue weighted by Gasteiger charge is -2.09. The van der Waals surface area contributed by atoms with Gasteiger partial charge in [0, 0.05) is 13.3 Å². The Morgan fingerprint density at radius 2 is 0.533 bits per heavy atom. The third kappa shape index (κ3) is 40.5. The third-order valence-electron chi connectivity index (χ3n) is 5.20. The summed E-state index contributed by atoms with van der Waals surface area (Å²) in [5, 5.41) is 0. The van der Waals surface area contributed by atoms with Crippen molar-refractivity contribution in [3.63, 3.8) is 0 Å². The standard InChI is InChI=1S/C30H58O15/c1-3-4-30(32)45-28-26-43-24-22-41-20-18-39-16-14-37-12-10-35-8-6-33-5-7-34-9-11-36-13-15-38-17-19-40-21-23-42-25-27-44-29(2)31/h3-28H2,1-2H3. The van der Waals surface area contributed by atoms with E-state index in [1.54, 1.807) is 0 Å². The van der Waals surface area contributed by atoms with Crippen molar-refractivity contribution in [2.45, 2.75) is 26.7 Å². The molecular weight excluding hydrogens is 600 g/mol. The van der Waals surface area contributed by atoms with Gasteiger partial charge in [-0.25, -0.2) is 0 Å². The van der Waals surface area contributed by atoms with Crippen LogP contribution in [0.15, 0.2) is 0 Å². The van der Waals surface area contributed by atoms with Crippen LogP contribution in [0.4, 0.5) is 0 Å². The summed E-state index contributed by atoms with van der Waals surface area (Å²) in [5.41, 5.74) is 0. The molecule has 0 heterocycles. The first-order valence-corrected chi connectivity index (χ1v) is 15.8. The highest BCUT2D eigenvalue weighted by Crippen LogP contribution is 1.91. The van der Waals surface area contributed by atoms with E-state index in [9.17, 15) is 9.59 Å². The van der Waals surface area contributed by atoms with Crippen molar-refractivity contribution >= 4 is 11.9 Å². The molecule has 0 spiro atoms. The van der Waals surface area contributed by atoms with Crippen LogP contribution in [0, 0.1) is 0 Å². The monoisotopic (exact) mass is 658 g/mol. The second-order valence-corrected chi connectivity index (χ2v) is 9.05. The summed E-state index contributed by atoms with van der Waals surface area (Å²) in [7, 11) is 0. The average Bonchev–Trinajstić information content (AvgIpc) is 3.02. The molecule has 0 saturated heterocycles. The molecule has 0 aliphatic carbocycles. The van der Waals surface area contributed by atoms with Gasteiger partial charge in [0.1, 0.15) is 13.2 Å². The predicted molar refractivity (Wildman–Crippen MR) is 162 cm³/mol. The molecule has 0 amide bonds. The van der Waals surface area contributed by atoms with Gasteiger partial charge in [-0.2, -0.15) is 0 Å². The van der Waals surface area contributed by atoms with E-state index in [1.807, 2.05) is 6.92 Å². The van der Waals surface area contributed by atoms with Gasteiger partial charge in [0.2, 0.25) is 0 Å². The average molecular weight is 659 g/mol. The number of esters is 2. The molecule has 268 valence electrons. The molecule has 15 heteroatoms. The molecule has 0 aromatic rings. The zero-order valence-corrected chi connectivity index (χ0v) is 27.5. The molecule has 0 aliphatic rings. The highest BCUT2D eigenvalue weighted by atomic mass is 16.6. The van der Waals surface area contributed by atoms with Crippen LogP contribution in [0.5, 0.6) is 0 Å². The lowest BCUT2D eigenvalue weighted by Crippen LogP contribution is -2.15. The van der Waals surface area contributed by atoms with Crippen molar-refractivity contribution in [2.24, 2.45) is 0 Å². The molecule has 0 atom stereocenters. The lowest BCUT2D eigenvalue weighted by atomic mass is 10.3. The molecule has 0 N–H and O–H groups in total. The molecule has 0 saturated carbocycles. The van der Waals surface area contributed by atoms with Crippen LogP contribution >= 0.6 is 0 Å². The summed E-state index contributed by atoms with van der Waals surface area (Å²) in [6.45, 7) is 14.1. The van der Waals surface area contributed by atoms with E-state index in [2.05, 4.69) is 0 Å². The fourth-order valence-corrected chi connectivity index (χ4v) is 3.04. The van der Waals surface area contributed by atoms with Crippen molar-refractivity contribution in [3.05, 3.63) is 0 Å². The largest absolute Gasteiger partial charge is 0.463 e. The van der Waals surface area contributed by atoms with Crippen molar-refractivity contribution in [1.82, 2.24) is 0 Å². The van der Waals surface area contributed by atoms with E-state index in [0.717, 1.165) is 6.42 Å². The number of ether oxygens (including phenoxy) is 13. The molecule has 0 radical (unpaired) electrons. The fourth-order valence-electron chi connectivity index (χ4n) is 3.04. The summed E-state index contributed by atoms with van der Waals surface area (Å²) < 4.78 is 69.2. The van der Waals surface area contributed by atoms with Crippen LogP contribution in [0.1, 0.15) is 26.7 Å². The van der Waals surface area contributed by atoms with E-state index in [4.69, 9.17) is 61.6 Å². The van der Waals surface area contributed by atoms with Crippen molar-refractivity contribution in [1.29, 1.82) is 0 Å². The van der Waals surface area contributed by atoms with Crippen LogP contribution in [0.2, 0.25) is 0 Å². The van der Waals surface area contributed by atoms with Gasteiger partial charge >= 0.3 is 11.9 Å². The van der Waals surface area contributed by atoms with Crippen LogP contribution in [0.25, 0.3) is 0 Å². The Bertz CT molecular complexity index is 612. The molecule has 15 nitrogen and oxygen atoms in total. The van der Waals surface area contributed by atoms with Crippen LogP contribution < -0.4 is 0 Å². The maximum atomic E-state index is 11.2. The minimum atomic E-state index is -0.314. The van der Waals surface area contributed by atoms with Crippen LogP contribution in [0.3, 0.4) is 0 Å².